The van der Waals surface area contributed by atoms with Gasteiger partial charge in [-0.2, -0.15) is 0 Å². The van der Waals surface area contributed by atoms with Gasteiger partial charge in [-0.1, -0.05) is 44.1 Å². The monoisotopic (exact) mass is 284 g/mol. The van der Waals surface area contributed by atoms with Gasteiger partial charge in [-0.05, 0) is 31.8 Å². The van der Waals surface area contributed by atoms with Crippen LogP contribution < -0.4 is 5.32 Å². The molecule has 0 aliphatic heterocycles. The van der Waals surface area contributed by atoms with Crippen molar-refractivity contribution in [3.8, 4) is 0 Å². The molecule has 0 rings (SSSR count). The highest BCUT2D eigenvalue weighted by atomic mass is 16.5. The van der Waals surface area contributed by atoms with Crippen LogP contribution in [0.2, 0.25) is 0 Å². The number of carbonyl (C=O) groups is 1. The summed E-state index contributed by atoms with van der Waals surface area (Å²) < 4.78 is 4.89. The van der Waals surface area contributed by atoms with Crippen molar-refractivity contribution in [3.63, 3.8) is 0 Å². The molecule has 1 unspecified atom stereocenters. The van der Waals surface area contributed by atoms with Crippen LogP contribution in [0.25, 0.3) is 10.4 Å². The third-order valence-corrected chi connectivity index (χ3v) is 3.43. The van der Waals surface area contributed by atoms with Crippen LogP contribution in [-0.2, 0) is 9.53 Å². The maximum absolute atomic E-state index is 11.9. The fourth-order valence-electron chi connectivity index (χ4n) is 2.13. The number of unbranched alkanes of at least 4 members (excludes halogenated alkanes) is 4. The van der Waals surface area contributed by atoms with Gasteiger partial charge in [-0.3, -0.25) is 4.79 Å². The summed E-state index contributed by atoms with van der Waals surface area (Å²) >= 11 is 0. The number of azide groups is 1. The third kappa shape index (κ3) is 8.02. The zero-order valence-electron chi connectivity index (χ0n) is 13.0. The summed E-state index contributed by atoms with van der Waals surface area (Å²) in [6, 6.07) is 0. The van der Waals surface area contributed by atoms with Crippen molar-refractivity contribution in [2.24, 2.45) is 5.11 Å². The van der Waals surface area contributed by atoms with Gasteiger partial charge in [0, 0.05) is 11.5 Å². The molecule has 0 saturated carbocycles. The number of nitrogens with one attached hydrogen (secondary N) is 1. The zero-order chi connectivity index (χ0) is 15.3. The predicted octanol–water partition coefficient (Wildman–Crippen LogP) is 3.57. The topological polar surface area (TPSA) is 87.1 Å². The van der Waals surface area contributed by atoms with E-state index in [1.165, 1.54) is 26.4 Å². The molecule has 116 valence electrons. The average molecular weight is 284 g/mol. The summed E-state index contributed by atoms with van der Waals surface area (Å²) in [6.07, 6.45) is 7.30. The highest BCUT2D eigenvalue weighted by molar-refractivity contribution is 5.80. The van der Waals surface area contributed by atoms with Crippen LogP contribution in [0, 0.1) is 0 Å². The number of ether oxygens (including phenoxy) is 1. The number of rotatable bonds is 12. The van der Waals surface area contributed by atoms with Gasteiger partial charge < -0.3 is 10.1 Å². The van der Waals surface area contributed by atoms with Crippen LogP contribution in [0.1, 0.15) is 58.8 Å². The molecular weight excluding hydrogens is 256 g/mol. The summed E-state index contributed by atoms with van der Waals surface area (Å²) in [5.41, 5.74) is 7.56. The molecule has 0 spiro atoms. The van der Waals surface area contributed by atoms with Crippen molar-refractivity contribution in [1.29, 1.82) is 0 Å². The Hall–Kier alpha value is -1.26. The van der Waals surface area contributed by atoms with Crippen LogP contribution >= 0.6 is 0 Å². The minimum Gasteiger partial charge on any atom is -0.468 e. The summed E-state index contributed by atoms with van der Waals surface area (Å²) in [4.78, 5) is 14.6. The Morgan fingerprint density at radius 2 is 2.00 bits per heavy atom. The van der Waals surface area contributed by atoms with Crippen molar-refractivity contribution in [3.05, 3.63) is 10.4 Å². The molecule has 0 fully saturated rings. The molecular formula is C14H28N4O2. The molecule has 0 aromatic heterocycles. The van der Waals surface area contributed by atoms with E-state index in [1.807, 2.05) is 6.92 Å². The van der Waals surface area contributed by atoms with Gasteiger partial charge in [0.1, 0.15) is 5.54 Å². The summed E-state index contributed by atoms with van der Waals surface area (Å²) in [7, 11) is 1.42. The van der Waals surface area contributed by atoms with Gasteiger partial charge in [0.15, 0.2) is 0 Å². The van der Waals surface area contributed by atoms with Crippen molar-refractivity contribution in [2.45, 2.75) is 64.3 Å². The first kappa shape index (κ1) is 18.7. The second-order valence-electron chi connectivity index (χ2n) is 5.22. The van der Waals surface area contributed by atoms with Gasteiger partial charge in [0.05, 0.1) is 7.11 Å². The Kier molecular flexibility index (Phi) is 10.8. The lowest BCUT2D eigenvalue weighted by atomic mass is 9.93. The van der Waals surface area contributed by atoms with E-state index in [2.05, 4.69) is 22.3 Å². The van der Waals surface area contributed by atoms with Gasteiger partial charge >= 0.3 is 5.97 Å². The lowest BCUT2D eigenvalue weighted by Crippen LogP contribution is -2.50. The standard InChI is InChI=1S/C14H28N4O2/c1-4-5-6-7-8-10-14(2,13(19)20-3)16-11-9-12-17-18-15/h16H,4-12H2,1-3H3. The van der Waals surface area contributed by atoms with E-state index in [4.69, 9.17) is 10.3 Å². The summed E-state index contributed by atoms with van der Waals surface area (Å²) in [5, 5.41) is 6.72. The van der Waals surface area contributed by atoms with E-state index in [0.717, 1.165) is 19.3 Å². The average Bonchev–Trinajstić information content (AvgIpc) is 2.46. The molecule has 0 amide bonds. The molecule has 6 heteroatoms. The minimum atomic E-state index is -0.642. The quantitative estimate of drug-likeness (QED) is 0.195. The largest absolute Gasteiger partial charge is 0.468 e. The SMILES string of the molecule is CCCCCCCC(C)(NCCCN=[N+]=[N-])C(=O)OC. The Bertz CT molecular complexity index is 316. The first-order valence-electron chi connectivity index (χ1n) is 7.45. The highest BCUT2D eigenvalue weighted by Crippen LogP contribution is 2.17. The van der Waals surface area contributed by atoms with Gasteiger partial charge in [0.2, 0.25) is 0 Å². The lowest BCUT2D eigenvalue weighted by molar-refractivity contribution is -0.148. The van der Waals surface area contributed by atoms with E-state index in [1.54, 1.807) is 0 Å². The number of methoxy groups -OCH3 is 1. The van der Waals surface area contributed by atoms with Gasteiger partial charge in [0.25, 0.3) is 0 Å². The van der Waals surface area contributed by atoms with E-state index in [9.17, 15) is 4.79 Å². The molecule has 0 radical (unpaired) electrons. The zero-order valence-corrected chi connectivity index (χ0v) is 13.0. The molecule has 0 bridgehead atoms. The number of hydrogen-bond acceptors (Lipinski definition) is 4. The maximum atomic E-state index is 11.9. The van der Waals surface area contributed by atoms with E-state index in [-0.39, 0.29) is 5.97 Å². The maximum Gasteiger partial charge on any atom is 0.325 e. The molecule has 0 aliphatic rings. The van der Waals surface area contributed by atoms with Crippen LogP contribution in [-0.4, -0.2) is 31.7 Å². The first-order valence-corrected chi connectivity index (χ1v) is 7.45. The molecule has 6 nitrogen and oxygen atoms in total. The van der Waals surface area contributed by atoms with E-state index >= 15 is 0 Å². The Morgan fingerprint density at radius 1 is 1.30 bits per heavy atom. The fraction of sp³-hybridized carbons (Fsp3) is 0.929. The molecule has 0 aromatic rings. The second kappa shape index (κ2) is 11.6. The predicted molar refractivity (Wildman–Crippen MR) is 80.4 cm³/mol. The normalized spacial score (nSPS) is 13.3. The molecule has 0 aromatic carbocycles. The third-order valence-electron chi connectivity index (χ3n) is 3.43. The fourth-order valence-corrected chi connectivity index (χ4v) is 2.13. The number of carbonyl (C=O) groups excluding carboxylic acids is 1. The number of esters is 1. The Labute approximate surface area is 121 Å². The van der Waals surface area contributed by atoms with E-state index in [0.29, 0.717) is 19.5 Å². The molecule has 0 heterocycles. The van der Waals surface area contributed by atoms with Gasteiger partial charge in [-0.15, -0.1) is 0 Å². The number of hydrogen-bond donors (Lipinski definition) is 1. The van der Waals surface area contributed by atoms with Crippen LogP contribution in [0.5, 0.6) is 0 Å². The second-order valence-corrected chi connectivity index (χ2v) is 5.22. The highest BCUT2D eigenvalue weighted by Gasteiger charge is 2.32. The van der Waals surface area contributed by atoms with Crippen molar-refractivity contribution < 1.29 is 9.53 Å². The molecule has 0 aliphatic carbocycles. The van der Waals surface area contributed by atoms with Crippen molar-refractivity contribution in [2.75, 3.05) is 20.2 Å². The van der Waals surface area contributed by atoms with Gasteiger partial charge in [-0.25, -0.2) is 0 Å². The van der Waals surface area contributed by atoms with Crippen LogP contribution in [0.4, 0.5) is 0 Å². The van der Waals surface area contributed by atoms with Crippen molar-refractivity contribution in [1.82, 2.24) is 5.32 Å². The van der Waals surface area contributed by atoms with Crippen molar-refractivity contribution >= 4 is 5.97 Å². The summed E-state index contributed by atoms with van der Waals surface area (Å²) in [6.45, 7) is 5.15. The molecule has 1 atom stereocenters. The van der Waals surface area contributed by atoms with Crippen LogP contribution in [0.3, 0.4) is 0 Å². The Morgan fingerprint density at radius 3 is 2.60 bits per heavy atom. The van der Waals surface area contributed by atoms with Crippen LogP contribution in [0.15, 0.2) is 5.11 Å². The number of nitrogens with zero attached hydrogens (tertiary/aromatic N) is 3. The molecule has 0 saturated heterocycles. The molecule has 20 heavy (non-hydrogen) atoms. The van der Waals surface area contributed by atoms with E-state index < -0.39 is 5.54 Å². The first-order chi connectivity index (χ1) is 9.60. The minimum absolute atomic E-state index is 0.225. The lowest BCUT2D eigenvalue weighted by Gasteiger charge is -2.28. The Balaban J connectivity index is 4.14. The summed E-state index contributed by atoms with van der Waals surface area (Å²) in [5.74, 6) is -0.225. The smallest absolute Gasteiger partial charge is 0.325 e. The molecule has 1 N–H and O–H groups in total.